The highest BCUT2D eigenvalue weighted by Gasteiger charge is 2.12. The van der Waals surface area contributed by atoms with Crippen LogP contribution >= 0.6 is 0 Å². The largest absolute Gasteiger partial charge is 0.348 e. The molecule has 4 rings (SSSR count). The van der Waals surface area contributed by atoms with Crippen molar-refractivity contribution in [2.45, 2.75) is 13.3 Å². The lowest BCUT2D eigenvalue weighted by Gasteiger charge is -2.03. The Hall–Kier alpha value is -2.62. The highest BCUT2D eigenvalue weighted by molar-refractivity contribution is 5.94. The molecule has 4 aromatic rings. The Kier molecular flexibility index (Phi) is 2.36. The highest BCUT2D eigenvalue weighted by atomic mass is 15.0. The minimum Gasteiger partial charge on any atom is -0.348 e. The average molecular weight is 262 g/mol. The minimum absolute atomic E-state index is 0.762. The van der Waals surface area contributed by atoms with Gasteiger partial charge in [0.1, 0.15) is 11.5 Å². The summed E-state index contributed by atoms with van der Waals surface area (Å²) in [6, 6.07) is 10.5. The Balaban J connectivity index is 1.97. The lowest BCUT2D eigenvalue weighted by Crippen LogP contribution is -1.98. The molecule has 0 unspecified atom stereocenters. The van der Waals surface area contributed by atoms with Crippen LogP contribution in [0.15, 0.2) is 48.9 Å². The number of aromatic nitrogens is 4. The van der Waals surface area contributed by atoms with E-state index in [2.05, 4.69) is 57.8 Å². The second-order valence-electron chi connectivity index (χ2n) is 4.95. The zero-order chi connectivity index (χ0) is 13.5. The van der Waals surface area contributed by atoms with Gasteiger partial charge < -0.3 is 9.38 Å². The first-order valence-corrected chi connectivity index (χ1v) is 6.66. The Morgan fingerprint density at radius 2 is 2.10 bits per heavy atom. The van der Waals surface area contributed by atoms with Gasteiger partial charge in [0, 0.05) is 30.4 Å². The molecule has 0 atom stereocenters. The maximum atomic E-state index is 4.74. The van der Waals surface area contributed by atoms with Crippen molar-refractivity contribution in [3.8, 4) is 0 Å². The standard InChI is InChI=1S/C16H14N4/c1-11-14(10-15-17-7-8-18-15)20-9-6-12-4-2-3-5-13(12)16(20)19-11/h2-9H,10H2,1H3,(H,17,18). The van der Waals surface area contributed by atoms with Crippen molar-refractivity contribution < 1.29 is 0 Å². The van der Waals surface area contributed by atoms with Gasteiger partial charge in [-0.1, -0.05) is 24.3 Å². The zero-order valence-corrected chi connectivity index (χ0v) is 11.2. The van der Waals surface area contributed by atoms with E-state index in [1.54, 1.807) is 6.20 Å². The molecule has 3 aromatic heterocycles. The van der Waals surface area contributed by atoms with Crippen molar-refractivity contribution >= 4 is 16.4 Å². The van der Waals surface area contributed by atoms with Gasteiger partial charge in [0.15, 0.2) is 0 Å². The third-order valence-electron chi connectivity index (χ3n) is 3.70. The fourth-order valence-electron chi connectivity index (χ4n) is 2.70. The summed E-state index contributed by atoms with van der Waals surface area (Å²) >= 11 is 0. The molecule has 20 heavy (non-hydrogen) atoms. The molecule has 1 aromatic carbocycles. The van der Waals surface area contributed by atoms with Crippen molar-refractivity contribution in [2.75, 3.05) is 0 Å². The van der Waals surface area contributed by atoms with Crippen LogP contribution in [0.2, 0.25) is 0 Å². The summed E-state index contributed by atoms with van der Waals surface area (Å²) in [5, 5.41) is 2.40. The van der Waals surface area contributed by atoms with E-state index in [0.29, 0.717) is 0 Å². The van der Waals surface area contributed by atoms with Gasteiger partial charge in [-0.2, -0.15) is 0 Å². The normalized spacial score (nSPS) is 11.4. The number of aromatic amines is 1. The molecule has 3 heterocycles. The predicted molar refractivity (Wildman–Crippen MR) is 78.8 cm³/mol. The molecule has 0 fully saturated rings. The maximum absolute atomic E-state index is 4.74. The van der Waals surface area contributed by atoms with Gasteiger partial charge in [-0.15, -0.1) is 0 Å². The second kappa shape index (κ2) is 4.20. The molecular formula is C16H14N4. The Bertz CT molecular complexity index is 888. The summed E-state index contributed by atoms with van der Waals surface area (Å²) in [4.78, 5) is 12.2. The summed E-state index contributed by atoms with van der Waals surface area (Å²) in [6.07, 6.45) is 6.49. The fraction of sp³-hybridized carbons (Fsp3) is 0.125. The summed E-state index contributed by atoms with van der Waals surface area (Å²) in [5.41, 5.74) is 3.25. The summed E-state index contributed by atoms with van der Waals surface area (Å²) in [5.74, 6) is 0.961. The number of pyridine rings is 1. The van der Waals surface area contributed by atoms with Crippen LogP contribution in [0, 0.1) is 6.92 Å². The van der Waals surface area contributed by atoms with Crippen LogP contribution in [-0.4, -0.2) is 19.4 Å². The van der Waals surface area contributed by atoms with Crippen molar-refractivity contribution in [1.29, 1.82) is 0 Å². The monoisotopic (exact) mass is 262 g/mol. The number of imidazole rings is 2. The van der Waals surface area contributed by atoms with Crippen LogP contribution in [0.5, 0.6) is 0 Å². The van der Waals surface area contributed by atoms with E-state index in [4.69, 9.17) is 4.98 Å². The lowest BCUT2D eigenvalue weighted by atomic mass is 10.2. The number of nitrogens with one attached hydrogen (secondary N) is 1. The molecular weight excluding hydrogens is 248 g/mol. The van der Waals surface area contributed by atoms with Crippen LogP contribution in [0.1, 0.15) is 17.2 Å². The number of fused-ring (bicyclic) bond motifs is 3. The summed E-state index contributed by atoms with van der Waals surface area (Å²) in [7, 11) is 0. The number of H-pyrrole nitrogens is 1. The minimum atomic E-state index is 0.762. The molecule has 0 amide bonds. The Morgan fingerprint density at radius 1 is 1.20 bits per heavy atom. The summed E-state index contributed by atoms with van der Waals surface area (Å²) < 4.78 is 2.17. The van der Waals surface area contributed by atoms with Crippen molar-refractivity contribution in [1.82, 2.24) is 19.4 Å². The molecule has 0 saturated carbocycles. The molecule has 0 aliphatic carbocycles. The van der Waals surface area contributed by atoms with Crippen molar-refractivity contribution in [3.63, 3.8) is 0 Å². The van der Waals surface area contributed by atoms with E-state index >= 15 is 0 Å². The molecule has 0 radical (unpaired) electrons. The molecule has 0 aliphatic rings. The van der Waals surface area contributed by atoms with Gasteiger partial charge in [-0.25, -0.2) is 9.97 Å². The van der Waals surface area contributed by atoms with Gasteiger partial charge in [0.25, 0.3) is 0 Å². The topological polar surface area (TPSA) is 46.0 Å². The van der Waals surface area contributed by atoms with Crippen LogP contribution in [0.4, 0.5) is 0 Å². The fourth-order valence-corrected chi connectivity index (χ4v) is 2.70. The van der Waals surface area contributed by atoms with Crippen LogP contribution in [0.25, 0.3) is 16.4 Å². The number of rotatable bonds is 2. The van der Waals surface area contributed by atoms with E-state index < -0.39 is 0 Å². The second-order valence-corrected chi connectivity index (χ2v) is 4.95. The molecule has 0 aliphatic heterocycles. The number of hydrogen-bond donors (Lipinski definition) is 1. The van der Waals surface area contributed by atoms with E-state index in [0.717, 1.165) is 23.6 Å². The highest BCUT2D eigenvalue weighted by Crippen LogP contribution is 2.22. The molecule has 0 saturated heterocycles. The lowest BCUT2D eigenvalue weighted by molar-refractivity contribution is 0.943. The smallest absolute Gasteiger partial charge is 0.145 e. The first-order chi connectivity index (χ1) is 9.83. The number of nitrogens with zero attached hydrogens (tertiary/aromatic N) is 3. The quantitative estimate of drug-likeness (QED) is 0.603. The predicted octanol–water partition coefficient (Wildman–Crippen LogP) is 3.11. The van der Waals surface area contributed by atoms with Gasteiger partial charge in [-0.05, 0) is 18.4 Å². The van der Waals surface area contributed by atoms with Crippen LogP contribution < -0.4 is 0 Å². The van der Waals surface area contributed by atoms with Gasteiger partial charge in [-0.3, -0.25) is 0 Å². The maximum Gasteiger partial charge on any atom is 0.145 e. The van der Waals surface area contributed by atoms with E-state index in [-0.39, 0.29) is 0 Å². The molecule has 1 N–H and O–H groups in total. The molecule has 4 heteroatoms. The SMILES string of the molecule is Cc1nc2c3ccccc3ccn2c1Cc1ncc[nH]1. The third-order valence-corrected chi connectivity index (χ3v) is 3.70. The Morgan fingerprint density at radius 3 is 2.95 bits per heavy atom. The average Bonchev–Trinajstić information content (AvgIpc) is 3.08. The molecule has 0 spiro atoms. The number of benzene rings is 1. The van der Waals surface area contributed by atoms with Crippen LogP contribution in [-0.2, 0) is 6.42 Å². The van der Waals surface area contributed by atoms with E-state index in [9.17, 15) is 0 Å². The zero-order valence-electron chi connectivity index (χ0n) is 11.2. The van der Waals surface area contributed by atoms with E-state index in [1.165, 1.54) is 16.5 Å². The van der Waals surface area contributed by atoms with Gasteiger partial charge in [0.2, 0.25) is 0 Å². The number of aryl methyl sites for hydroxylation is 1. The molecule has 0 bridgehead atoms. The van der Waals surface area contributed by atoms with Crippen LogP contribution in [0.3, 0.4) is 0 Å². The van der Waals surface area contributed by atoms with Gasteiger partial charge in [0.05, 0.1) is 11.4 Å². The van der Waals surface area contributed by atoms with Crippen molar-refractivity contribution in [3.05, 3.63) is 66.1 Å². The third kappa shape index (κ3) is 1.61. The summed E-state index contributed by atoms with van der Waals surface area (Å²) in [6.45, 7) is 2.06. The van der Waals surface area contributed by atoms with E-state index in [1.807, 2.05) is 6.20 Å². The first kappa shape index (κ1) is 11.2. The number of hydrogen-bond acceptors (Lipinski definition) is 2. The Labute approximate surface area is 116 Å². The molecule has 98 valence electrons. The van der Waals surface area contributed by atoms with Gasteiger partial charge >= 0.3 is 0 Å². The first-order valence-electron chi connectivity index (χ1n) is 6.66. The molecule has 4 nitrogen and oxygen atoms in total. The van der Waals surface area contributed by atoms with Crippen molar-refractivity contribution in [2.24, 2.45) is 0 Å².